The van der Waals surface area contributed by atoms with Gasteiger partial charge in [0.2, 0.25) is 0 Å². The van der Waals surface area contributed by atoms with Crippen LogP contribution in [0.2, 0.25) is 0 Å². The SMILES string of the molecule is CN(C)P(=O)(Cl)c1ccccc1. The summed E-state index contributed by atoms with van der Waals surface area (Å²) in [4.78, 5) is 0. The molecular formula is C8H11ClNOP. The summed E-state index contributed by atoms with van der Waals surface area (Å²) in [6.45, 7) is -2.81. The predicted molar refractivity (Wildman–Crippen MR) is 53.2 cm³/mol. The Bertz CT molecular complexity index is 299. The van der Waals surface area contributed by atoms with Crippen molar-refractivity contribution in [2.75, 3.05) is 14.1 Å². The van der Waals surface area contributed by atoms with Gasteiger partial charge in [-0.15, -0.1) is 0 Å². The number of nitrogens with zero attached hydrogens (tertiary/aromatic N) is 1. The third kappa shape index (κ3) is 1.89. The summed E-state index contributed by atoms with van der Waals surface area (Å²) in [5.74, 6) is 0. The monoisotopic (exact) mass is 203 g/mol. The molecule has 1 aromatic carbocycles. The van der Waals surface area contributed by atoms with Crippen LogP contribution in [0.25, 0.3) is 0 Å². The number of hydrogen-bond acceptors (Lipinski definition) is 1. The zero-order chi connectivity index (χ0) is 9.19. The highest BCUT2D eigenvalue weighted by Crippen LogP contribution is 2.51. The fourth-order valence-electron chi connectivity index (χ4n) is 0.843. The van der Waals surface area contributed by atoms with Crippen LogP contribution in [-0.4, -0.2) is 18.8 Å². The van der Waals surface area contributed by atoms with E-state index < -0.39 is 6.65 Å². The molecule has 12 heavy (non-hydrogen) atoms. The van der Waals surface area contributed by atoms with E-state index in [2.05, 4.69) is 0 Å². The van der Waals surface area contributed by atoms with Gasteiger partial charge in [0.1, 0.15) is 0 Å². The van der Waals surface area contributed by atoms with Gasteiger partial charge in [-0.1, -0.05) is 18.2 Å². The molecule has 0 aliphatic heterocycles. The van der Waals surface area contributed by atoms with Crippen molar-refractivity contribution in [2.24, 2.45) is 0 Å². The fourth-order valence-corrected chi connectivity index (χ4v) is 2.18. The first-order chi connectivity index (χ1) is 5.55. The zero-order valence-corrected chi connectivity index (χ0v) is 8.72. The lowest BCUT2D eigenvalue weighted by molar-refractivity contribution is 0.538. The van der Waals surface area contributed by atoms with E-state index in [9.17, 15) is 4.57 Å². The van der Waals surface area contributed by atoms with Crippen molar-refractivity contribution in [3.63, 3.8) is 0 Å². The molecule has 0 N–H and O–H groups in total. The third-order valence-corrected chi connectivity index (χ3v) is 5.05. The molecule has 0 aromatic heterocycles. The molecule has 0 fully saturated rings. The van der Waals surface area contributed by atoms with Crippen LogP contribution in [0.5, 0.6) is 0 Å². The molecule has 4 heteroatoms. The van der Waals surface area contributed by atoms with Gasteiger partial charge in [-0.05, 0) is 37.5 Å². The van der Waals surface area contributed by atoms with Gasteiger partial charge in [-0.3, -0.25) is 4.57 Å². The summed E-state index contributed by atoms with van der Waals surface area (Å²) < 4.78 is 13.4. The largest absolute Gasteiger partial charge is 0.284 e. The van der Waals surface area contributed by atoms with Gasteiger partial charge in [-0.25, -0.2) is 4.67 Å². The molecule has 1 rings (SSSR count). The molecule has 0 radical (unpaired) electrons. The molecule has 1 aromatic rings. The van der Waals surface area contributed by atoms with Crippen molar-refractivity contribution in [3.8, 4) is 0 Å². The van der Waals surface area contributed by atoms with Crippen LogP contribution in [0.1, 0.15) is 0 Å². The lowest BCUT2D eigenvalue weighted by atomic mass is 10.4. The maximum atomic E-state index is 11.8. The maximum absolute atomic E-state index is 11.8. The van der Waals surface area contributed by atoms with Gasteiger partial charge in [0.05, 0.1) is 0 Å². The van der Waals surface area contributed by atoms with Gasteiger partial charge in [0.25, 0.3) is 6.65 Å². The molecule has 0 aliphatic carbocycles. The van der Waals surface area contributed by atoms with E-state index in [1.807, 2.05) is 18.2 Å². The Balaban J connectivity index is 3.07. The molecule has 2 nitrogen and oxygen atoms in total. The number of rotatable bonds is 2. The lowest BCUT2D eigenvalue weighted by Gasteiger charge is -2.17. The van der Waals surface area contributed by atoms with Crippen LogP contribution in [-0.2, 0) is 4.57 Å². The van der Waals surface area contributed by atoms with Crippen molar-refractivity contribution >= 4 is 23.2 Å². The predicted octanol–water partition coefficient (Wildman–Crippen LogP) is 2.31. The summed E-state index contributed by atoms with van der Waals surface area (Å²) in [5.41, 5.74) is 0. The Morgan fingerprint density at radius 3 is 2.17 bits per heavy atom. The van der Waals surface area contributed by atoms with Crippen molar-refractivity contribution in [2.45, 2.75) is 0 Å². The molecule has 66 valence electrons. The average Bonchev–Trinajstić information content (AvgIpc) is 2.06. The fraction of sp³-hybridized carbons (Fsp3) is 0.250. The van der Waals surface area contributed by atoms with Crippen LogP contribution in [0.4, 0.5) is 0 Å². The number of benzene rings is 1. The lowest BCUT2D eigenvalue weighted by Crippen LogP contribution is -2.14. The Labute approximate surface area is 77.4 Å². The second-order valence-corrected chi connectivity index (χ2v) is 6.38. The van der Waals surface area contributed by atoms with E-state index in [-0.39, 0.29) is 0 Å². The van der Waals surface area contributed by atoms with Crippen LogP contribution < -0.4 is 5.30 Å². The van der Waals surface area contributed by atoms with Crippen LogP contribution in [0.15, 0.2) is 30.3 Å². The average molecular weight is 204 g/mol. The molecule has 0 amide bonds. The van der Waals surface area contributed by atoms with Crippen molar-refractivity contribution in [1.82, 2.24) is 4.67 Å². The molecule has 0 saturated heterocycles. The second kappa shape index (κ2) is 3.61. The molecule has 0 bridgehead atoms. The van der Waals surface area contributed by atoms with Gasteiger partial charge >= 0.3 is 0 Å². The smallest absolute Gasteiger partial charge is 0.263 e. The van der Waals surface area contributed by atoms with Crippen molar-refractivity contribution < 1.29 is 4.57 Å². The first kappa shape index (κ1) is 9.79. The van der Waals surface area contributed by atoms with E-state index in [0.29, 0.717) is 5.30 Å². The van der Waals surface area contributed by atoms with Gasteiger partial charge < -0.3 is 0 Å². The minimum absolute atomic E-state index is 0.677. The van der Waals surface area contributed by atoms with E-state index in [4.69, 9.17) is 11.2 Å². The topological polar surface area (TPSA) is 20.3 Å². The molecular weight excluding hydrogens is 193 g/mol. The van der Waals surface area contributed by atoms with Gasteiger partial charge in [0, 0.05) is 5.30 Å². The molecule has 0 saturated carbocycles. The Hall–Kier alpha value is -0.300. The van der Waals surface area contributed by atoms with Crippen molar-refractivity contribution in [1.29, 1.82) is 0 Å². The Morgan fingerprint density at radius 2 is 1.75 bits per heavy atom. The highest BCUT2D eigenvalue weighted by atomic mass is 35.7. The van der Waals surface area contributed by atoms with Crippen LogP contribution in [0.3, 0.4) is 0 Å². The Kier molecular flexibility index (Phi) is 2.94. The maximum Gasteiger partial charge on any atom is 0.263 e. The molecule has 1 unspecified atom stereocenters. The van der Waals surface area contributed by atoms with E-state index in [0.717, 1.165) is 0 Å². The zero-order valence-electron chi connectivity index (χ0n) is 7.07. The summed E-state index contributed by atoms with van der Waals surface area (Å²) >= 11 is 5.88. The quantitative estimate of drug-likeness (QED) is 0.688. The van der Waals surface area contributed by atoms with E-state index >= 15 is 0 Å². The number of halogens is 1. The summed E-state index contributed by atoms with van der Waals surface area (Å²) in [6.07, 6.45) is 0. The first-order valence-electron chi connectivity index (χ1n) is 3.58. The number of hydrogen-bond donors (Lipinski definition) is 0. The van der Waals surface area contributed by atoms with Gasteiger partial charge in [0.15, 0.2) is 0 Å². The second-order valence-electron chi connectivity index (χ2n) is 2.68. The normalized spacial score (nSPS) is 16.0. The first-order valence-corrected chi connectivity index (χ1v) is 6.14. The van der Waals surface area contributed by atoms with E-state index in [1.165, 1.54) is 0 Å². The molecule has 0 spiro atoms. The van der Waals surface area contributed by atoms with E-state index in [1.54, 1.807) is 30.9 Å². The minimum Gasteiger partial charge on any atom is -0.284 e. The molecule has 1 atom stereocenters. The van der Waals surface area contributed by atoms with Crippen molar-refractivity contribution in [3.05, 3.63) is 30.3 Å². The van der Waals surface area contributed by atoms with Crippen LogP contribution in [0, 0.1) is 0 Å². The standard InChI is InChI=1S/C8H11ClNOP/c1-10(2)12(9,11)8-6-4-3-5-7-8/h3-7H,1-2H3. The summed E-state index contributed by atoms with van der Waals surface area (Å²) in [7, 11) is 3.42. The highest BCUT2D eigenvalue weighted by Gasteiger charge is 2.23. The minimum atomic E-state index is -2.81. The highest BCUT2D eigenvalue weighted by molar-refractivity contribution is 7.93. The van der Waals surface area contributed by atoms with Crippen LogP contribution >= 0.6 is 17.9 Å². The summed E-state index contributed by atoms with van der Waals surface area (Å²) in [6, 6.07) is 9.07. The van der Waals surface area contributed by atoms with Gasteiger partial charge in [-0.2, -0.15) is 0 Å². The Morgan fingerprint density at radius 1 is 1.25 bits per heavy atom. The third-order valence-electron chi connectivity index (χ3n) is 1.59. The molecule has 0 heterocycles. The summed E-state index contributed by atoms with van der Waals surface area (Å²) in [5, 5.41) is 0.677. The molecule has 0 aliphatic rings.